The van der Waals surface area contributed by atoms with Crippen molar-refractivity contribution in [3.8, 4) is 5.69 Å². The Morgan fingerprint density at radius 3 is 2.57 bits per heavy atom. The summed E-state index contributed by atoms with van der Waals surface area (Å²) >= 11 is 0. The molecular weight excluding hydrogens is 270 g/mol. The first kappa shape index (κ1) is 15.0. The molecule has 112 valence electrons. The zero-order valence-electron chi connectivity index (χ0n) is 11.9. The molecule has 1 unspecified atom stereocenters. The Bertz CT molecular complexity index is 553. The molecule has 0 saturated carbocycles. The van der Waals surface area contributed by atoms with E-state index in [9.17, 15) is 4.79 Å². The topological polar surface area (TPSA) is 92.1 Å². The number of aliphatic hydroxyl groups excluding tert-OH is 1. The number of aromatic nitrogens is 3. The molecule has 1 aromatic heterocycles. The van der Waals surface area contributed by atoms with Crippen LogP contribution >= 0.6 is 0 Å². The smallest absolute Gasteiger partial charge is 0.319 e. The van der Waals surface area contributed by atoms with Gasteiger partial charge in [-0.25, -0.2) is 4.79 Å². The van der Waals surface area contributed by atoms with E-state index in [1.165, 1.54) is 4.80 Å². The number of carbonyl (C=O) groups is 1. The van der Waals surface area contributed by atoms with Crippen LogP contribution in [0.25, 0.3) is 5.69 Å². The van der Waals surface area contributed by atoms with Crippen LogP contribution in [0, 0.1) is 5.92 Å². The van der Waals surface area contributed by atoms with Crippen LogP contribution in [0.15, 0.2) is 36.7 Å². The van der Waals surface area contributed by atoms with E-state index < -0.39 is 0 Å². The minimum absolute atomic E-state index is 0.132. The molecule has 0 saturated heterocycles. The lowest BCUT2D eigenvalue weighted by Crippen LogP contribution is -2.32. The molecule has 0 radical (unpaired) electrons. The summed E-state index contributed by atoms with van der Waals surface area (Å²) in [5.74, 6) is 0.244. The van der Waals surface area contributed by atoms with Crippen molar-refractivity contribution in [3.63, 3.8) is 0 Å². The van der Waals surface area contributed by atoms with Crippen LogP contribution in [0.3, 0.4) is 0 Å². The average Bonchev–Trinajstić information content (AvgIpc) is 3.00. The van der Waals surface area contributed by atoms with E-state index in [1.54, 1.807) is 24.5 Å². The van der Waals surface area contributed by atoms with Crippen LogP contribution in [0.2, 0.25) is 0 Å². The van der Waals surface area contributed by atoms with Gasteiger partial charge in [-0.3, -0.25) is 0 Å². The van der Waals surface area contributed by atoms with Crippen molar-refractivity contribution in [2.45, 2.75) is 13.3 Å². The zero-order chi connectivity index (χ0) is 15.1. The van der Waals surface area contributed by atoms with Crippen LogP contribution in [-0.2, 0) is 0 Å². The molecule has 21 heavy (non-hydrogen) atoms. The number of nitrogens with one attached hydrogen (secondary N) is 2. The number of aliphatic hydroxyl groups is 1. The fraction of sp³-hybridized carbons (Fsp3) is 0.357. The highest BCUT2D eigenvalue weighted by molar-refractivity contribution is 5.89. The van der Waals surface area contributed by atoms with E-state index in [4.69, 9.17) is 5.11 Å². The van der Waals surface area contributed by atoms with Crippen LogP contribution in [-0.4, -0.2) is 39.3 Å². The molecule has 0 bridgehead atoms. The van der Waals surface area contributed by atoms with Crippen molar-refractivity contribution in [2.75, 3.05) is 18.5 Å². The minimum Gasteiger partial charge on any atom is -0.396 e. The molecule has 0 spiro atoms. The fourth-order valence-corrected chi connectivity index (χ4v) is 1.79. The van der Waals surface area contributed by atoms with Crippen molar-refractivity contribution in [1.82, 2.24) is 20.3 Å². The minimum atomic E-state index is -0.259. The summed E-state index contributed by atoms with van der Waals surface area (Å²) in [6, 6.07) is 6.96. The van der Waals surface area contributed by atoms with Crippen molar-refractivity contribution in [2.24, 2.45) is 5.92 Å². The average molecular weight is 289 g/mol. The fourth-order valence-electron chi connectivity index (χ4n) is 1.79. The zero-order valence-corrected chi connectivity index (χ0v) is 11.9. The molecule has 2 aromatic rings. The first-order chi connectivity index (χ1) is 10.2. The van der Waals surface area contributed by atoms with Gasteiger partial charge in [-0.2, -0.15) is 15.0 Å². The SMILES string of the molecule is CC(CCO)CNC(=O)Nc1ccc(-n2nccn2)cc1. The number of hydrogen-bond acceptors (Lipinski definition) is 4. The van der Waals surface area contributed by atoms with E-state index in [-0.39, 0.29) is 18.6 Å². The molecule has 7 nitrogen and oxygen atoms in total. The number of anilines is 1. The molecule has 0 aliphatic rings. The molecule has 0 aliphatic heterocycles. The van der Waals surface area contributed by atoms with Gasteiger partial charge < -0.3 is 15.7 Å². The lowest BCUT2D eigenvalue weighted by atomic mass is 10.1. The van der Waals surface area contributed by atoms with Crippen LogP contribution in [0.5, 0.6) is 0 Å². The third-order valence-electron chi connectivity index (χ3n) is 3.01. The maximum Gasteiger partial charge on any atom is 0.319 e. The maximum atomic E-state index is 11.7. The standard InChI is InChI=1S/C14H19N5O2/c1-11(6-9-20)10-15-14(21)18-12-2-4-13(5-3-12)19-16-7-8-17-19/h2-5,7-8,11,20H,6,9-10H2,1H3,(H2,15,18,21). The van der Waals surface area contributed by atoms with Crippen molar-refractivity contribution in [1.29, 1.82) is 0 Å². The van der Waals surface area contributed by atoms with Gasteiger partial charge in [0.05, 0.1) is 18.1 Å². The summed E-state index contributed by atoms with van der Waals surface area (Å²) in [6.07, 6.45) is 3.88. The molecule has 0 aliphatic carbocycles. The molecule has 1 atom stereocenters. The predicted molar refractivity (Wildman–Crippen MR) is 79.2 cm³/mol. The molecule has 1 aromatic carbocycles. The first-order valence-electron chi connectivity index (χ1n) is 6.81. The van der Waals surface area contributed by atoms with Crippen molar-refractivity contribution < 1.29 is 9.90 Å². The highest BCUT2D eigenvalue weighted by Crippen LogP contribution is 2.11. The van der Waals surface area contributed by atoms with E-state index >= 15 is 0 Å². The highest BCUT2D eigenvalue weighted by atomic mass is 16.3. The van der Waals surface area contributed by atoms with Gasteiger partial charge in [0.25, 0.3) is 0 Å². The highest BCUT2D eigenvalue weighted by Gasteiger charge is 2.05. The number of carbonyl (C=O) groups excluding carboxylic acids is 1. The summed E-state index contributed by atoms with van der Waals surface area (Å²) in [4.78, 5) is 13.2. The second kappa shape index (κ2) is 7.39. The monoisotopic (exact) mass is 289 g/mol. The Morgan fingerprint density at radius 1 is 1.29 bits per heavy atom. The molecule has 3 N–H and O–H groups in total. The van der Waals surface area contributed by atoms with Gasteiger partial charge in [0.15, 0.2) is 0 Å². The lowest BCUT2D eigenvalue weighted by Gasteiger charge is -2.12. The van der Waals surface area contributed by atoms with Gasteiger partial charge in [-0.15, -0.1) is 0 Å². The van der Waals surface area contributed by atoms with Crippen LogP contribution in [0.1, 0.15) is 13.3 Å². The number of benzene rings is 1. The van der Waals surface area contributed by atoms with Crippen LogP contribution in [0.4, 0.5) is 10.5 Å². The molecule has 2 amide bonds. The summed E-state index contributed by atoms with van der Waals surface area (Å²) in [5, 5.41) is 22.4. The van der Waals surface area contributed by atoms with Crippen LogP contribution < -0.4 is 10.6 Å². The van der Waals surface area contributed by atoms with E-state index in [1.807, 2.05) is 19.1 Å². The molecule has 7 heteroatoms. The summed E-state index contributed by atoms with van der Waals surface area (Å²) in [6.45, 7) is 2.64. The van der Waals surface area contributed by atoms with Crippen molar-refractivity contribution >= 4 is 11.7 Å². The van der Waals surface area contributed by atoms with Gasteiger partial charge in [0.1, 0.15) is 0 Å². The van der Waals surface area contributed by atoms with Gasteiger partial charge in [0.2, 0.25) is 0 Å². The van der Waals surface area contributed by atoms with Gasteiger partial charge in [-0.05, 0) is 36.6 Å². The van der Waals surface area contributed by atoms with Gasteiger partial charge >= 0.3 is 6.03 Å². The number of rotatable bonds is 6. The van der Waals surface area contributed by atoms with E-state index in [0.717, 1.165) is 5.69 Å². The summed E-state index contributed by atoms with van der Waals surface area (Å²) in [5.41, 5.74) is 1.51. The van der Waals surface area contributed by atoms with Gasteiger partial charge in [-0.1, -0.05) is 6.92 Å². The molecule has 0 fully saturated rings. The quantitative estimate of drug-likeness (QED) is 0.749. The second-order valence-corrected chi connectivity index (χ2v) is 4.82. The van der Waals surface area contributed by atoms with E-state index in [2.05, 4.69) is 20.8 Å². The Hall–Kier alpha value is -2.41. The normalized spacial score (nSPS) is 11.9. The Morgan fingerprint density at radius 2 is 1.95 bits per heavy atom. The predicted octanol–water partition coefficient (Wildman–Crippen LogP) is 1.41. The molecular formula is C14H19N5O2. The van der Waals surface area contributed by atoms with E-state index in [0.29, 0.717) is 18.7 Å². The van der Waals surface area contributed by atoms with Crippen molar-refractivity contribution in [3.05, 3.63) is 36.7 Å². The summed E-state index contributed by atoms with van der Waals surface area (Å²) < 4.78 is 0. The maximum absolute atomic E-state index is 11.7. The third kappa shape index (κ3) is 4.57. The summed E-state index contributed by atoms with van der Waals surface area (Å²) in [7, 11) is 0. The number of hydrogen-bond donors (Lipinski definition) is 3. The third-order valence-corrected chi connectivity index (χ3v) is 3.01. The number of amides is 2. The Labute approximate surface area is 123 Å². The lowest BCUT2D eigenvalue weighted by molar-refractivity contribution is 0.243. The molecule has 2 rings (SSSR count). The molecule has 1 heterocycles. The second-order valence-electron chi connectivity index (χ2n) is 4.82. The van der Waals surface area contributed by atoms with Gasteiger partial charge in [0, 0.05) is 18.8 Å². The Kier molecular flexibility index (Phi) is 5.28. The Balaban J connectivity index is 1.84. The largest absolute Gasteiger partial charge is 0.396 e. The number of nitrogens with zero attached hydrogens (tertiary/aromatic N) is 3. The first-order valence-corrected chi connectivity index (χ1v) is 6.81. The number of urea groups is 1.